The second kappa shape index (κ2) is 14.9. The maximum atomic E-state index is 13.3. The predicted octanol–water partition coefficient (Wildman–Crippen LogP) is 9.13. The first-order chi connectivity index (χ1) is 26.7. The third-order valence-corrected chi connectivity index (χ3v) is 18.4. The van der Waals surface area contributed by atoms with E-state index in [1.54, 1.807) is 12.1 Å². The molecule has 5 aliphatic carbocycles. The summed E-state index contributed by atoms with van der Waals surface area (Å²) >= 11 is 0. The minimum atomic E-state index is -3.19. The van der Waals surface area contributed by atoms with Crippen LogP contribution in [0.25, 0.3) is 5.57 Å². The van der Waals surface area contributed by atoms with Crippen molar-refractivity contribution in [2.75, 3.05) is 18.6 Å². The summed E-state index contributed by atoms with van der Waals surface area (Å²) in [4.78, 5) is 26.5. The molecule has 4 fully saturated rings. The monoisotopic (exact) mass is 796 g/mol. The molecular weight excluding hydrogens is 729 g/mol. The Morgan fingerprint density at radius 2 is 1.58 bits per heavy atom. The van der Waals surface area contributed by atoms with Crippen LogP contribution in [0.5, 0.6) is 0 Å². The maximum Gasteiger partial charge on any atom is 0.236 e. The number of benzene rings is 2. The van der Waals surface area contributed by atoms with Gasteiger partial charge in [0.15, 0.2) is 5.78 Å². The number of nitrogens with one attached hydrogen (secondary N) is 1. The minimum Gasteiger partial charge on any atom is -0.380 e. The van der Waals surface area contributed by atoms with Gasteiger partial charge in [-0.1, -0.05) is 107 Å². The van der Waals surface area contributed by atoms with E-state index in [1.165, 1.54) is 43.1 Å². The Balaban J connectivity index is 1.12. The molecule has 8 heteroatoms. The third kappa shape index (κ3) is 7.01. The molecular formula is C49H68N2O5S. The van der Waals surface area contributed by atoms with Gasteiger partial charge >= 0.3 is 0 Å². The molecule has 0 aromatic heterocycles. The average Bonchev–Trinajstić information content (AvgIpc) is 3.56. The van der Waals surface area contributed by atoms with Crippen LogP contribution >= 0.6 is 0 Å². The lowest BCUT2D eigenvalue weighted by atomic mass is 9.32. The van der Waals surface area contributed by atoms with Crippen molar-refractivity contribution in [3.8, 4) is 0 Å². The number of aliphatic hydroxyl groups is 1. The zero-order chi connectivity index (χ0) is 41.3. The Hall–Kier alpha value is -3.07. The van der Waals surface area contributed by atoms with Crippen molar-refractivity contribution in [1.29, 1.82) is 0 Å². The van der Waals surface area contributed by atoms with Crippen LogP contribution in [0.2, 0.25) is 0 Å². The molecule has 7 rings (SSSR count). The summed E-state index contributed by atoms with van der Waals surface area (Å²) in [6.45, 7) is 20.1. The summed E-state index contributed by atoms with van der Waals surface area (Å²) in [7, 11) is -3.19. The van der Waals surface area contributed by atoms with Gasteiger partial charge in [-0.2, -0.15) is 0 Å². The highest BCUT2D eigenvalue weighted by molar-refractivity contribution is 7.90. The van der Waals surface area contributed by atoms with E-state index in [1.807, 2.05) is 30.3 Å². The molecule has 1 amide bonds. The lowest BCUT2D eigenvalue weighted by molar-refractivity contribution is -0.225. The quantitative estimate of drug-likeness (QED) is 0.154. The Kier molecular flexibility index (Phi) is 11.0. The van der Waals surface area contributed by atoms with Gasteiger partial charge in [0.1, 0.15) is 15.9 Å². The molecule has 2 aromatic rings. The van der Waals surface area contributed by atoms with Crippen molar-refractivity contribution >= 4 is 27.1 Å². The van der Waals surface area contributed by atoms with Crippen LogP contribution in [0.15, 0.2) is 72.8 Å². The van der Waals surface area contributed by atoms with E-state index in [9.17, 15) is 23.1 Å². The summed E-state index contributed by atoms with van der Waals surface area (Å²) in [6.07, 6.45) is 12.9. The molecule has 0 saturated heterocycles. The Morgan fingerprint density at radius 1 is 0.895 bits per heavy atom. The lowest BCUT2D eigenvalue weighted by Gasteiger charge is -2.72. The second-order valence-corrected chi connectivity index (χ2v) is 22.8. The number of hydrogen-bond acceptors (Lipinski definition) is 6. The zero-order valence-electron chi connectivity index (χ0n) is 35.6. The number of ketones is 1. The molecule has 2 aromatic carbocycles. The van der Waals surface area contributed by atoms with E-state index in [0.29, 0.717) is 47.3 Å². The number of hydrogen-bond donors (Lipinski definition) is 3. The van der Waals surface area contributed by atoms with E-state index in [4.69, 9.17) is 5.73 Å². The maximum absolute atomic E-state index is 13.3. The smallest absolute Gasteiger partial charge is 0.236 e. The van der Waals surface area contributed by atoms with Crippen LogP contribution in [-0.2, 0) is 14.6 Å². The number of Topliss-reactive ketones (excluding diaryl/α,β-unsaturated/α-hetero) is 1. The highest BCUT2D eigenvalue weighted by Crippen LogP contribution is 2.77. The molecule has 0 radical (unpaired) electrons. The van der Waals surface area contributed by atoms with Crippen molar-refractivity contribution in [2.45, 2.75) is 118 Å². The van der Waals surface area contributed by atoms with E-state index < -0.39 is 22.0 Å². The molecule has 5 aliphatic rings. The highest BCUT2D eigenvalue weighted by Gasteiger charge is 2.70. The van der Waals surface area contributed by atoms with Crippen molar-refractivity contribution in [1.82, 2.24) is 5.32 Å². The van der Waals surface area contributed by atoms with Crippen molar-refractivity contribution in [3.63, 3.8) is 0 Å². The van der Waals surface area contributed by atoms with Crippen LogP contribution in [0.3, 0.4) is 0 Å². The fraction of sp³-hybridized carbons (Fsp3) is 0.633. The summed E-state index contributed by atoms with van der Waals surface area (Å²) in [5.74, 6) is 1.92. The molecule has 0 aliphatic heterocycles. The largest absolute Gasteiger partial charge is 0.380 e. The topological polar surface area (TPSA) is 127 Å². The Labute approximate surface area is 342 Å². The number of nitrogens with two attached hydrogens (primary N) is 1. The van der Waals surface area contributed by atoms with Gasteiger partial charge in [-0.3, -0.25) is 9.59 Å². The molecule has 310 valence electrons. The van der Waals surface area contributed by atoms with Crippen LogP contribution in [0.4, 0.5) is 0 Å². The van der Waals surface area contributed by atoms with Gasteiger partial charge in [0.2, 0.25) is 5.91 Å². The van der Waals surface area contributed by atoms with Crippen LogP contribution in [0, 0.1) is 56.7 Å². The molecule has 0 bridgehead atoms. The number of rotatable bonds is 11. The molecule has 11 atom stereocenters. The van der Waals surface area contributed by atoms with Gasteiger partial charge in [-0.05, 0) is 144 Å². The van der Waals surface area contributed by atoms with E-state index >= 15 is 0 Å². The summed E-state index contributed by atoms with van der Waals surface area (Å²) < 4.78 is 23.5. The van der Waals surface area contributed by atoms with Gasteiger partial charge in [0.25, 0.3) is 0 Å². The summed E-state index contributed by atoms with van der Waals surface area (Å²) in [5, 5.41) is 14.1. The van der Waals surface area contributed by atoms with Crippen LogP contribution in [0.1, 0.15) is 133 Å². The third-order valence-electron chi connectivity index (χ3n) is 17.4. The Morgan fingerprint density at radius 3 is 2.23 bits per heavy atom. The Bertz CT molecular complexity index is 2020. The first kappa shape index (κ1) is 42.1. The van der Waals surface area contributed by atoms with E-state index in [2.05, 4.69) is 71.6 Å². The first-order valence-corrected chi connectivity index (χ1v) is 23.7. The van der Waals surface area contributed by atoms with Gasteiger partial charge in [-0.25, -0.2) is 8.42 Å². The normalized spacial score (nSPS) is 36.6. The van der Waals surface area contributed by atoms with Crippen LogP contribution < -0.4 is 11.1 Å². The van der Waals surface area contributed by atoms with Gasteiger partial charge < -0.3 is 16.2 Å². The standard InChI is InChI=1S/C49H68N2O5S/c1-31(2)35-20-26-49(30-51-44(54)38(50)23-29-57(8,55)56)28-27-47(6)37(41(35)49)18-19-40-46(5)24-21-36(45(3,4)39(46)22-25-48(40,47)7)32-14-16-34(17-15-32)43(53)42(52)33-12-10-9-11-13-33/h9-17,21,35,37-42,52H,1,18-20,22-30,50H2,2-8H3,(H,51,54)/t35-,37+,38+,39-,40+,41+,42?,46-,47+,48+,49+/m0/s1. The molecule has 7 nitrogen and oxygen atoms in total. The fourth-order valence-corrected chi connectivity index (χ4v) is 15.0. The number of sulfone groups is 1. The number of aliphatic hydroxyl groups excluding tert-OH is 1. The SMILES string of the molecule is C=C(C)[C@@H]1CC[C@]2(CNC(=O)[C@H](N)CCS(C)(=O)=O)CC[C@]3(C)[C@H](CC[C@@H]4[C@@]5(C)CC=C(c6ccc(C(=O)C(O)c7ccccc7)cc6)C(C)(C)[C@@H]5CC[C@]43C)[C@@H]12. The zero-order valence-corrected chi connectivity index (χ0v) is 36.4. The number of fused-ring (bicyclic) bond motifs is 7. The first-order valence-electron chi connectivity index (χ1n) is 21.6. The van der Waals surface area contributed by atoms with Crippen molar-refractivity contribution in [3.05, 3.63) is 89.5 Å². The number of allylic oxidation sites excluding steroid dienone is 3. The highest BCUT2D eigenvalue weighted by atomic mass is 32.2. The predicted molar refractivity (Wildman–Crippen MR) is 230 cm³/mol. The van der Waals surface area contributed by atoms with Gasteiger partial charge in [0.05, 0.1) is 11.8 Å². The molecule has 4 N–H and O–H groups in total. The average molecular weight is 797 g/mol. The summed E-state index contributed by atoms with van der Waals surface area (Å²) in [5.41, 5.74) is 11.6. The second-order valence-electron chi connectivity index (χ2n) is 20.6. The van der Waals surface area contributed by atoms with Crippen molar-refractivity contribution < 1.29 is 23.1 Å². The van der Waals surface area contributed by atoms with Gasteiger partial charge in [-0.15, -0.1) is 0 Å². The van der Waals surface area contributed by atoms with E-state index in [0.717, 1.165) is 37.7 Å². The fourth-order valence-electron chi connectivity index (χ4n) is 14.3. The van der Waals surface area contributed by atoms with Crippen molar-refractivity contribution in [2.24, 2.45) is 62.4 Å². The van der Waals surface area contributed by atoms with Gasteiger partial charge in [0, 0.05) is 18.4 Å². The molecule has 0 heterocycles. The van der Waals surface area contributed by atoms with Crippen LogP contribution in [-0.4, -0.2) is 49.8 Å². The van der Waals surface area contributed by atoms with E-state index in [-0.39, 0.29) is 50.9 Å². The number of amides is 1. The minimum absolute atomic E-state index is 0.00538. The molecule has 1 unspecified atom stereocenters. The lowest BCUT2D eigenvalue weighted by Crippen LogP contribution is -2.66. The number of carbonyl (C=O) groups is 2. The molecule has 4 saturated carbocycles. The molecule has 57 heavy (non-hydrogen) atoms. The number of carbonyl (C=O) groups excluding carboxylic acids is 2. The molecule has 0 spiro atoms. The summed E-state index contributed by atoms with van der Waals surface area (Å²) in [6, 6.07) is 16.2.